The summed E-state index contributed by atoms with van der Waals surface area (Å²) in [7, 11) is 1.50. The molecule has 1 aromatic carbocycles. The van der Waals surface area contributed by atoms with Gasteiger partial charge in [0.25, 0.3) is 5.91 Å². The van der Waals surface area contributed by atoms with Gasteiger partial charge in [-0.2, -0.15) is 0 Å². The van der Waals surface area contributed by atoms with Gasteiger partial charge in [-0.1, -0.05) is 17.7 Å². The number of carbonyl (C=O) groups is 2. The topological polar surface area (TPSA) is 124 Å². The van der Waals surface area contributed by atoms with Gasteiger partial charge in [-0.15, -0.1) is 0 Å². The Morgan fingerprint density at radius 3 is 2.46 bits per heavy atom. The first-order valence-corrected chi connectivity index (χ1v) is 7.89. The van der Waals surface area contributed by atoms with Crippen molar-refractivity contribution in [1.82, 2.24) is 15.3 Å². The molecule has 0 aliphatic carbocycles. The molecule has 0 unspecified atom stereocenters. The molecule has 7 nitrogen and oxygen atoms in total. The van der Waals surface area contributed by atoms with E-state index in [2.05, 4.69) is 21.0 Å². The maximum Gasteiger partial charge on any atom is 0.256 e. The van der Waals surface area contributed by atoms with Crippen LogP contribution < -0.4 is 16.8 Å². The Bertz CT molecular complexity index is 781. The van der Waals surface area contributed by atoms with Crippen LogP contribution in [0.5, 0.6) is 0 Å². The SMILES string of the molecule is CN.N/C=C(/C(=O)NCC=O)c1ncc(Cc2ccc(F)c(Cl)c2)cn1. The number of halogens is 2. The van der Waals surface area contributed by atoms with Crippen LogP contribution in [0.1, 0.15) is 17.0 Å². The van der Waals surface area contributed by atoms with E-state index >= 15 is 0 Å². The molecule has 5 N–H and O–H groups in total. The minimum Gasteiger partial charge on any atom is -0.404 e. The third-order valence-corrected chi connectivity index (χ3v) is 3.39. The largest absolute Gasteiger partial charge is 0.404 e. The van der Waals surface area contributed by atoms with E-state index < -0.39 is 11.7 Å². The predicted molar refractivity (Wildman–Crippen MR) is 97.6 cm³/mol. The Morgan fingerprint density at radius 1 is 1.27 bits per heavy atom. The number of aromatic nitrogens is 2. The van der Waals surface area contributed by atoms with E-state index in [9.17, 15) is 14.0 Å². The summed E-state index contributed by atoms with van der Waals surface area (Å²) >= 11 is 5.75. The lowest BCUT2D eigenvalue weighted by Gasteiger charge is -2.07. The summed E-state index contributed by atoms with van der Waals surface area (Å²) in [5.41, 5.74) is 11.5. The molecule has 2 rings (SSSR count). The van der Waals surface area contributed by atoms with Gasteiger partial charge in [0, 0.05) is 25.0 Å². The van der Waals surface area contributed by atoms with Crippen molar-refractivity contribution in [1.29, 1.82) is 0 Å². The third kappa shape index (κ3) is 5.91. The van der Waals surface area contributed by atoms with Gasteiger partial charge in [-0.05, 0) is 30.3 Å². The van der Waals surface area contributed by atoms with Gasteiger partial charge in [0.1, 0.15) is 12.1 Å². The van der Waals surface area contributed by atoms with E-state index in [4.69, 9.17) is 17.3 Å². The average Bonchev–Trinajstić information content (AvgIpc) is 2.66. The van der Waals surface area contributed by atoms with Crippen molar-refractivity contribution in [2.45, 2.75) is 6.42 Å². The minimum atomic E-state index is -0.539. The molecule has 0 aliphatic rings. The zero-order valence-electron chi connectivity index (χ0n) is 14.1. The van der Waals surface area contributed by atoms with Crippen molar-refractivity contribution < 1.29 is 14.0 Å². The predicted octanol–water partition coefficient (Wildman–Crippen LogP) is 1.05. The fraction of sp³-hybridized carbons (Fsp3) is 0.176. The number of rotatable bonds is 6. The van der Waals surface area contributed by atoms with Crippen LogP contribution in [0, 0.1) is 5.82 Å². The van der Waals surface area contributed by atoms with Crippen LogP contribution >= 0.6 is 11.6 Å². The van der Waals surface area contributed by atoms with Crippen molar-refractivity contribution in [3.8, 4) is 0 Å². The van der Waals surface area contributed by atoms with Crippen molar-refractivity contribution in [3.05, 3.63) is 64.6 Å². The first-order chi connectivity index (χ1) is 12.5. The molecule has 0 saturated heterocycles. The van der Waals surface area contributed by atoms with Crippen LogP contribution in [0.3, 0.4) is 0 Å². The van der Waals surface area contributed by atoms with Gasteiger partial charge in [-0.25, -0.2) is 14.4 Å². The van der Waals surface area contributed by atoms with Crippen molar-refractivity contribution in [2.75, 3.05) is 13.6 Å². The average molecular weight is 380 g/mol. The monoisotopic (exact) mass is 379 g/mol. The molecule has 1 amide bonds. The second kappa shape index (κ2) is 10.9. The molecule has 0 aliphatic heterocycles. The normalized spacial score (nSPS) is 10.5. The first kappa shape index (κ1) is 21.2. The summed E-state index contributed by atoms with van der Waals surface area (Å²) in [5.74, 6) is -0.879. The molecule has 138 valence electrons. The zero-order chi connectivity index (χ0) is 19.5. The fourth-order valence-electron chi connectivity index (χ4n) is 1.95. The molecule has 9 heteroatoms. The van der Waals surface area contributed by atoms with Gasteiger partial charge in [-0.3, -0.25) is 4.79 Å². The minimum absolute atomic E-state index is 0.0465. The summed E-state index contributed by atoms with van der Waals surface area (Å²) < 4.78 is 13.1. The molecule has 0 atom stereocenters. The van der Waals surface area contributed by atoms with Crippen LogP contribution in [-0.4, -0.2) is 35.8 Å². The number of nitrogens with two attached hydrogens (primary N) is 2. The Kier molecular flexibility index (Phi) is 8.90. The molecule has 0 saturated carbocycles. The van der Waals surface area contributed by atoms with Gasteiger partial charge in [0.05, 0.1) is 17.1 Å². The molecular weight excluding hydrogens is 361 g/mol. The van der Waals surface area contributed by atoms with Gasteiger partial charge in [0.2, 0.25) is 0 Å². The number of carbonyl (C=O) groups excluding carboxylic acids is 2. The second-order valence-electron chi connectivity index (χ2n) is 4.80. The molecule has 0 radical (unpaired) electrons. The number of nitrogens with zero attached hydrogens (tertiary/aromatic N) is 2. The van der Waals surface area contributed by atoms with Gasteiger partial charge >= 0.3 is 0 Å². The lowest BCUT2D eigenvalue weighted by molar-refractivity contribution is -0.117. The highest BCUT2D eigenvalue weighted by molar-refractivity contribution is 6.30. The lowest BCUT2D eigenvalue weighted by atomic mass is 10.1. The van der Waals surface area contributed by atoms with E-state index in [-0.39, 0.29) is 23.0 Å². The van der Waals surface area contributed by atoms with E-state index in [1.165, 1.54) is 31.6 Å². The summed E-state index contributed by atoms with van der Waals surface area (Å²) in [6.45, 7) is -0.125. The maximum atomic E-state index is 13.1. The molecule has 1 heterocycles. The van der Waals surface area contributed by atoms with Crippen molar-refractivity contribution in [3.63, 3.8) is 0 Å². The maximum absolute atomic E-state index is 13.1. The molecule has 1 aromatic heterocycles. The summed E-state index contributed by atoms with van der Waals surface area (Å²) in [6, 6.07) is 4.44. The molecule has 2 aromatic rings. The summed E-state index contributed by atoms with van der Waals surface area (Å²) in [4.78, 5) is 30.3. The number of hydrogen-bond acceptors (Lipinski definition) is 6. The highest BCUT2D eigenvalue weighted by Gasteiger charge is 2.14. The summed E-state index contributed by atoms with van der Waals surface area (Å²) in [5, 5.41) is 2.41. The Labute approximate surface area is 155 Å². The van der Waals surface area contributed by atoms with E-state index in [0.717, 1.165) is 17.3 Å². The molecule has 0 spiro atoms. The number of benzene rings is 1. The van der Waals surface area contributed by atoms with Gasteiger partial charge < -0.3 is 21.6 Å². The standard InChI is InChI=1S/C16H14ClFN4O2.CH5N/c17-13-6-10(1-2-14(13)18)5-11-8-21-15(22-9-11)12(7-19)16(24)20-3-4-23;1-2/h1-2,4,6-9H,3,5,19H2,(H,20,24);2H2,1H3/b12-7+;. The Balaban J connectivity index is 0.00000163. The zero-order valence-corrected chi connectivity index (χ0v) is 14.8. The Morgan fingerprint density at radius 2 is 1.92 bits per heavy atom. The highest BCUT2D eigenvalue weighted by atomic mass is 35.5. The molecular formula is C17H19ClFN5O2. The number of hydrogen-bond donors (Lipinski definition) is 3. The first-order valence-electron chi connectivity index (χ1n) is 7.52. The Hall–Kier alpha value is -2.84. The van der Waals surface area contributed by atoms with Crippen molar-refractivity contribution in [2.24, 2.45) is 11.5 Å². The number of aldehydes is 1. The third-order valence-electron chi connectivity index (χ3n) is 3.10. The summed E-state index contributed by atoms with van der Waals surface area (Å²) in [6.07, 6.45) is 5.17. The second-order valence-corrected chi connectivity index (χ2v) is 5.20. The molecule has 26 heavy (non-hydrogen) atoms. The van der Waals surface area contributed by atoms with Crippen molar-refractivity contribution >= 4 is 29.4 Å². The van der Waals surface area contributed by atoms with Gasteiger partial charge in [0.15, 0.2) is 5.82 Å². The van der Waals surface area contributed by atoms with E-state index in [0.29, 0.717) is 12.7 Å². The van der Waals surface area contributed by atoms with E-state index in [1.54, 1.807) is 6.07 Å². The highest BCUT2D eigenvalue weighted by Crippen LogP contribution is 2.18. The molecule has 0 bridgehead atoms. The molecule has 0 fully saturated rings. The smallest absolute Gasteiger partial charge is 0.256 e. The number of amides is 1. The van der Waals surface area contributed by atoms with Crippen LogP contribution in [-0.2, 0) is 16.0 Å². The quantitative estimate of drug-likeness (QED) is 0.509. The van der Waals surface area contributed by atoms with Crippen LogP contribution in [0.25, 0.3) is 5.57 Å². The lowest BCUT2D eigenvalue weighted by Crippen LogP contribution is -2.27. The van der Waals surface area contributed by atoms with Crippen LogP contribution in [0.4, 0.5) is 4.39 Å². The number of nitrogens with one attached hydrogen (secondary N) is 1. The van der Waals surface area contributed by atoms with Crippen LogP contribution in [0.15, 0.2) is 36.8 Å². The van der Waals surface area contributed by atoms with Crippen LogP contribution in [0.2, 0.25) is 5.02 Å². The van der Waals surface area contributed by atoms with E-state index in [1.807, 2.05) is 0 Å². The fourth-order valence-corrected chi connectivity index (χ4v) is 2.15.